The lowest BCUT2D eigenvalue weighted by molar-refractivity contribution is -0.0482. The van der Waals surface area contributed by atoms with Crippen LogP contribution in [-0.4, -0.2) is 12.2 Å². The number of unbranched alkanes of at least 4 members (excludes halogenated alkanes) is 18. The maximum atomic E-state index is 6.52. The van der Waals surface area contributed by atoms with Crippen LogP contribution in [-0.2, 0) is 4.74 Å². The van der Waals surface area contributed by atoms with Gasteiger partial charge in [0.15, 0.2) is 0 Å². The minimum Gasteiger partial charge on any atom is -0.375 e. The van der Waals surface area contributed by atoms with Crippen molar-refractivity contribution in [3.05, 3.63) is 0 Å². The van der Waals surface area contributed by atoms with Gasteiger partial charge in [-0.2, -0.15) is 0 Å². The number of hydrogen-bond donors (Lipinski definition) is 0. The van der Waals surface area contributed by atoms with Gasteiger partial charge in [0.05, 0.1) is 5.60 Å². The molecule has 0 aromatic carbocycles. The molecule has 0 aromatic rings. The van der Waals surface area contributed by atoms with Crippen LogP contribution in [0.3, 0.4) is 0 Å². The Balaban J connectivity index is 3.97. The Bertz CT molecular complexity index is 295. The van der Waals surface area contributed by atoms with Gasteiger partial charge in [0.1, 0.15) is 0 Å². The zero-order chi connectivity index (χ0) is 22.2. The van der Waals surface area contributed by atoms with Crippen LogP contribution in [0.5, 0.6) is 0 Å². The Kier molecular flexibility index (Phi) is 23.6. The largest absolute Gasteiger partial charge is 0.375 e. The van der Waals surface area contributed by atoms with Gasteiger partial charge in [0.2, 0.25) is 0 Å². The van der Waals surface area contributed by atoms with Crippen LogP contribution in [0, 0.1) is 0 Å². The van der Waals surface area contributed by atoms with Gasteiger partial charge < -0.3 is 4.74 Å². The summed E-state index contributed by atoms with van der Waals surface area (Å²) in [5.74, 6) is 0. The SMILES string of the molecule is CCCCCCCCCCCCC(C)(CCCCCCCC)OCCCCCCC. The molecule has 1 atom stereocenters. The monoisotopic (exact) mass is 424 g/mol. The van der Waals surface area contributed by atoms with Crippen molar-refractivity contribution in [3.63, 3.8) is 0 Å². The van der Waals surface area contributed by atoms with E-state index >= 15 is 0 Å². The van der Waals surface area contributed by atoms with E-state index in [1.54, 1.807) is 0 Å². The minimum absolute atomic E-state index is 0.135. The highest BCUT2D eigenvalue weighted by molar-refractivity contribution is 4.75. The molecule has 0 aromatic heterocycles. The Morgan fingerprint density at radius 1 is 0.400 bits per heavy atom. The molecule has 1 unspecified atom stereocenters. The van der Waals surface area contributed by atoms with Crippen LogP contribution in [0.4, 0.5) is 0 Å². The van der Waals surface area contributed by atoms with E-state index in [4.69, 9.17) is 4.74 Å². The molecule has 1 heteroatoms. The fraction of sp³-hybridized carbons (Fsp3) is 1.00. The van der Waals surface area contributed by atoms with Crippen LogP contribution < -0.4 is 0 Å². The van der Waals surface area contributed by atoms with E-state index in [1.165, 1.54) is 148 Å². The molecule has 1 nitrogen and oxygen atoms in total. The molecule has 182 valence electrons. The average Bonchev–Trinajstić information content (AvgIpc) is 2.74. The van der Waals surface area contributed by atoms with Gasteiger partial charge in [-0.05, 0) is 26.2 Å². The van der Waals surface area contributed by atoms with Crippen molar-refractivity contribution >= 4 is 0 Å². The first-order valence-corrected chi connectivity index (χ1v) is 14.3. The fourth-order valence-electron chi connectivity index (χ4n) is 4.56. The zero-order valence-electron chi connectivity index (χ0n) is 21.9. The van der Waals surface area contributed by atoms with E-state index in [2.05, 4.69) is 27.7 Å². The fourth-order valence-corrected chi connectivity index (χ4v) is 4.56. The average molecular weight is 425 g/mol. The first-order valence-electron chi connectivity index (χ1n) is 14.3. The molecule has 0 radical (unpaired) electrons. The highest BCUT2D eigenvalue weighted by Gasteiger charge is 2.23. The Hall–Kier alpha value is -0.0400. The molecular weight excluding hydrogens is 364 g/mol. The van der Waals surface area contributed by atoms with Crippen molar-refractivity contribution in [2.75, 3.05) is 6.61 Å². The lowest BCUT2D eigenvalue weighted by Gasteiger charge is -2.30. The predicted octanol–water partition coefficient (Wildman–Crippen LogP) is 10.8. The van der Waals surface area contributed by atoms with Gasteiger partial charge in [0, 0.05) is 6.61 Å². The summed E-state index contributed by atoms with van der Waals surface area (Å²) in [5.41, 5.74) is 0.135. The van der Waals surface area contributed by atoms with Gasteiger partial charge in [-0.1, -0.05) is 149 Å². The second-order valence-electron chi connectivity index (χ2n) is 10.2. The Morgan fingerprint density at radius 2 is 0.700 bits per heavy atom. The van der Waals surface area contributed by atoms with E-state index in [0.717, 1.165) is 6.61 Å². The molecule has 0 spiro atoms. The molecule has 0 fully saturated rings. The smallest absolute Gasteiger partial charge is 0.0654 e. The number of rotatable bonds is 25. The molecule has 0 aliphatic carbocycles. The summed E-state index contributed by atoms with van der Waals surface area (Å²) in [6, 6.07) is 0. The summed E-state index contributed by atoms with van der Waals surface area (Å²) < 4.78 is 6.52. The van der Waals surface area contributed by atoms with Crippen LogP contribution in [0.1, 0.15) is 175 Å². The van der Waals surface area contributed by atoms with Gasteiger partial charge in [0.25, 0.3) is 0 Å². The van der Waals surface area contributed by atoms with E-state index in [-0.39, 0.29) is 5.60 Å². The van der Waals surface area contributed by atoms with E-state index in [0.29, 0.717) is 0 Å². The molecule has 0 bridgehead atoms. The van der Waals surface area contributed by atoms with Gasteiger partial charge in [-0.25, -0.2) is 0 Å². The third-order valence-electron chi connectivity index (χ3n) is 6.82. The summed E-state index contributed by atoms with van der Waals surface area (Å²) in [4.78, 5) is 0. The highest BCUT2D eigenvalue weighted by Crippen LogP contribution is 2.27. The van der Waals surface area contributed by atoms with Crippen LogP contribution in [0.25, 0.3) is 0 Å². The van der Waals surface area contributed by atoms with Crippen molar-refractivity contribution in [1.29, 1.82) is 0 Å². The molecule has 0 saturated heterocycles. The van der Waals surface area contributed by atoms with Crippen molar-refractivity contribution in [2.24, 2.45) is 0 Å². The normalized spacial score (nSPS) is 13.6. The summed E-state index contributed by atoms with van der Waals surface area (Å²) in [5, 5.41) is 0. The van der Waals surface area contributed by atoms with Crippen molar-refractivity contribution in [2.45, 2.75) is 181 Å². The lowest BCUT2D eigenvalue weighted by atomic mass is 9.91. The highest BCUT2D eigenvalue weighted by atomic mass is 16.5. The summed E-state index contributed by atoms with van der Waals surface area (Å²) in [6.07, 6.45) is 31.8. The molecule has 0 heterocycles. The maximum absolute atomic E-state index is 6.52. The van der Waals surface area contributed by atoms with E-state index in [1.807, 2.05) is 0 Å². The summed E-state index contributed by atoms with van der Waals surface area (Å²) in [6.45, 7) is 10.3. The Morgan fingerprint density at radius 3 is 1.07 bits per heavy atom. The molecule has 0 aliphatic heterocycles. The standard InChI is InChI=1S/C29H60O/c1-5-8-11-14-16-17-18-19-21-24-27-29(4,26-23-20-15-12-9-6-2)30-28-25-22-13-10-7-3/h5-28H2,1-4H3. The van der Waals surface area contributed by atoms with Crippen LogP contribution in [0.15, 0.2) is 0 Å². The van der Waals surface area contributed by atoms with Crippen molar-refractivity contribution < 1.29 is 4.74 Å². The molecule has 0 rings (SSSR count). The summed E-state index contributed by atoms with van der Waals surface area (Å²) in [7, 11) is 0. The zero-order valence-corrected chi connectivity index (χ0v) is 21.9. The van der Waals surface area contributed by atoms with Crippen molar-refractivity contribution in [3.8, 4) is 0 Å². The van der Waals surface area contributed by atoms with Gasteiger partial charge in [-0.15, -0.1) is 0 Å². The topological polar surface area (TPSA) is 9.23 Å². The summed E-state index contributed by atoms with van der Waals surface area (Å²) >= 11 is 0. The Labute approximate surface area is 192 Å². The van der Waals surface area contributed by atoms with Crippen molar-refractivity contribution in [1.82, 2.24) is 0 Å². The first kappa shape index (κ1) is 30.0. The quantitative estimate of drug-likeness (QED) is 0.132. The maximum Gasteiger partial charge on any atom is 0.0654 e. The first-order chi connectivity index (χ1) is 14.7. The number of ether oxygens (including phenoxy) is 1. The third kappa shape index (κ3) is 21.2. The molecule has 0 amide bonds. The molecule has 0 N–H and O–H groups in total. The second-order valence-corrected chi connectivity index (χ2v) is 10.2. The third-order valence-corrected chi connectivity index (χ3v) is 6.82. The second kappa shape index (κ2) is 23.6. The predicted molar refractivity (Wildman–Crippen MR) is 138 cm³/mol. The minimum atomic E-state index is 0.135. The molecule has 0 aliphatic rings. The lowest BCUT2D eigenvalue weighted by Crippen LogP contribution is -2.29. The molecule has 0 saturated carbocycles. The van der Waals surface area contributed by atoms with Gasteiger partial charge in [-0.3, -0.25) is 0 Å². The van der Waals surface area contributed by atoms with E-state index in [9.17, 15) is 0 Å². The van der Waals surface area contributed by atoms with E-state index < -0.39 is 0 Å². The van der Waals surface area contributed by atoms with Gasteiger partial charge >= 0.3 is 0 Å². The molecular formula is C29H60O. The van der Waals surface area contributed by atoms with Crippen LogP contribution >= 0.6 is 0 Å². The van der Waals surface area contributed by atoms with Crippen LogP contribution in [0.2, 0.25) is 0 Å². The number of hydrogen-bond acceptors (Lipinski definition) is 1. The molecule has 30 heavy (non-hydrogen) atoms.